The van der Waals surface area contributed by atoms with Gasteiger partial charge in [-0.15, -0.1) is 0 Å². The van der Waals surface area contributed by atoms with Crippen LogP contribution in [0.3, 0.4) is 0 Å². The van der Waals surface area contributed by atoms with Crippen molar-refractivity contribution in [3.63, 3.8) is 0 Å². The number of benzene rings is 4. The summed E-state index contributed by atoms with van der Waals surface area (Å²) >= 11 is 0. The van der Waals surface area contributed by atoms with E-state index in [9.17, 15) is 0 Å². The summed E-state index contributed by atoms with van der Waals surface area (Å²) in [6.45, 7) is 9.21. The van der Waals surface area contributed by atoms with E-state index in [4.69, 9.17) is 6.57 Å². The SMILES string of the molecule is [C-]#[N+]c1ccc(-c2ccc(CCCCCCCCCc3ccc(-c4ccc(C)cc4)cc3)cc2)cc1. The summed E-state index contributed by atoms with van der Waals surface area (Å²) in [5.41, 5.74) is 9.88. The van der Waals surface area contributed by atoms with Crippen LogP contribution in [0.2, 0.25) is 0 Å². The van der Waals surface area contributed by atoms with E-state index < -0.39 is 0 Å². The highest BCUT2D eigenvalue weighted by Gasteiger charge is 2.01. The third-order valence-corrected chi connectivity index (χ3v) is 7.05. The zero-order valence-corrected chi connectivity index (χ0v) is 21.5. The molecule has 0 unspecified atom stereocenters. The molecule has 0 N–H and O–H groups in total. The van der Waals surface area contributed by atoms with Crippen molar-refractivity contribution in [2.24, 2.45) is 0 Å². The van der Waals surface area contributed by atoms with E-state index in [0.717, 1.165) is 6.42 Å². The maximum absolute atomic E-state index is 7.07. The number of rotatable bonds is 12. The van der Waals surface area contributed by atoms with Gasteiger partial charge in [0.1, 0.15) is 0 Å². The van der Waals surface area contributed by atoms with Gasteiger partial charge in [-0.3, -0.25) is 0 Å². The third kappa shape index (κ3) is 7.69. The smallest absolute Gasteiger partial charge is 0.187 e. The standard InChI is InChI=1S/C35H37N/c1-28-12-18-31(19-13-28)32-20-14-29(15-21-32)10-8-6-4-3-5-7-9-11-30-16-22-33(23-17-30)34-24-26-35(36-2)27-25-34/h12-27H,3-11H2,1H3. The molecule has 0 saturated carbocycles. The Morgan fingerprint density at radius 2 is 0.778 bits per heavy atom. The second kappa shape index (κ2) is 13.5. The molecule has 0 heterocycles. The van der Waals surface area contributed by atoms with Crippen LogP contribution in [0, 0.1) is 13.5 Å². The van der Waals surface area contributed by atoms with E-state index in [-0.39, 0.29) is 0 Å². The maximum Gasteiger partial charge on any atom is 0.187 e. The van der Waals surface area contributed by atoms with Gasteiger partial charge >= 0.3 is 0 Å². The van der Waals surface area contributed by atoms with Crippen LogP contribution < -0.4 is 0 Å². The molecule has 0 saturated heterocycles. The number of nitrogens with zero attached hydrogens (tertiary/aromatic N) is 1. The van der Waals surface area contributed by atoms with Crippen LogP contribution in [0.25, 0.3) is 27.1 Å². The molecule has 4 aromatic carbocycles. The summed E-state index contributed by atoms with van der Waals surface area (Å²) in [5, 5.41) is 0. The van der Waals surface area contributed by atoms with E-state index in [2.05, 4.69) is 84.6 Å². The molecular formula is C35H37N. The van der Waals surface area contributed by atoms with Crippen LogP contribution in [0.1, 0.15) is 61.6 Å². The topological polar surface area (TPSA) is 4.36 Å². The van der Waals surface area contributed by atoms with E-state index >= 15 is 0 Å². The molecule has 36 heavy (non-hydrogen) atoms. The lowest BCUT2D eigenvalue weighted by Crippen LogP contribution is -1.88. The molecule has 0 aliphatic heterocycles. The molecule has 4 rings (SSSR count). The van der Waals surface area contributed by atoms with Crippen LogP contribution in [-0.2, 0) is 12.8 Å². The molecule has 0 spiro atoms. The van der Waals surface area contributed by atoms with E-state index in [1.54, 1.807) is 0 Å². The number of unbranched alkanes of at least 4 members (excludes halogenated alkanes) is 6. The minimum absolute atomic E-state index is 0.694. The Hall–Kier alpha value is -3.63. The van der Waals surface area contributed by atoms with Crippen LogP contribution in [0.5, 0.6) is 0 Å². The summed E-state index contributed by atoms with van der Waals surface area (Å²) in [7, 11) is 0. The summed E-state index contributed by atoms with van der Waals surface area (Å²) in [6, 6.07) is 34.7. The molecule has 0 aliphatic rings. The van der Waals surface area contributed by atoms with Crippen LogP contribution in [0.15, 0.2) is 97.1 Å². The van der Waals surface area contributed by atoms with Crippen LogP contribution >= 0.6 is 0 Å². The van der Waals surface area contributed by atoms with Gasteiger partial charge in [0.25, 0.3) is 0 Å². The third-order valence-electron chi connectivity index (χ3n) is 7.05. The van der Waals surface area contributed by atoms with Gasteiger partial charge < -0.3 is 0 Å². The number of hydrogen-bond acceptors (Lipinski definition) is 0. The zero-order valence-electron chi connectivity index (χ0n) is 21.5. The summed E-state index contributed by atoms with van der Waals surface area (Å²) in [6.07, 6.45) is 11.6. The molecule has 0 fully saturated rings. The Morgan fingerprint density at radius 3 is 1.17 bits per heavy atom. The fourth-order valence-electron chi connectivity index (χ4n) is 4.74. The Kier molecular flexibility index (Phi) is 9.52. The first kappa shape index (κ1) is 25.5. The predicted molar refractivity (Wildman–Crippen MR) is 154 cm³/mol. The van der Waals surface area contributed by atoms with Gasteiger partial charge in [-0.2, -0.15) is 0 Å². The lowest BCUT2D eigenvalue weighted by atomic mass is 9.99. The number of hydrogen-bond donors (Lipinski definition) is 0. The molecule has 0 atom stereocenters. The first-order valence-electron chi connectivity index (χ1n) is 13.4. The second-order valence-electron chi connectivity index (χ2n) is 9.89. The van der Waals surface area contributed by atoms with Crippen molar-refractivity contribution in [2.45, 2.75) is 64.7 Å². The Bertz CT molecular complexity index is 1220. The molecule has 0 aliphatic carbocycles. The molecule has 182 valence electrons. The van der Waals surface area contributed by atoms with Crippen molar-refractivity contribution in [1.29, 1.82) is 0 Å². The molecule has 1 heteroatoms. The molecule has 4 aromatic rings. The fourth-order valence-corrected chi connectivity index (χ4v) is 4.74. The van der Waals surface area contributed by atoms with Crippen molar-refractivity contribution in [3.8, 4) is 22.3 Å². The normalized spacial score (nSPS) is 10.8. The second-order valence-corrected chi connectivity index (χ2v) is 9.89. The quantitative estimate of drug-likeness (QED) is 0.143. The highest BCUT2D eigenvalue weighted by atomic mass is 14.6. The van der Waals surface area contributed by atoms with Crippen LogP contribution in [-0.4, -0.2) is 0 Å². The van der Waals surface area contributed by atoms with Crippen molar-refractivity contribution in [1.82, 2.24) is 0 Å². The molecule has 1 nitrogen and oxygen atoms in total. The fraction of sp³-hybridized carbons (Fsp3) is 0.286. The average Bonchev–Trinajstić information content (AvgIpc) is 2.93. The van der Waals surface area contributed by atoms with Gasteiger partial charge in [0.05, 0.1) is 6.57 Å². The zero-order chi connectivity index (χ0) is 25.0. The van der Waals surface area contributed by atoms with Crippen molar-refractivity contribution in [3.05, 3.63) is 125 Å². The Labute approximate surface area is 217 Å². The number of aryl methyl sites for hydroxylation is 3. The molecule has 0 amide bonds. The summed E-state index contributed by atoms with van der Waals surface area (Å²) in [5.74, 6) is 0. The Morgan fingerprint density at radius 1 is 0.444 bits per heavy atom. The Balaban J connectivity index is 1.06. The van der Waals surface area contributed by atoms with Gasteiger partial charge in [0.15, 0.2) is 5.69 Å². The molecule has 0 radical (unpaired) electrons. The van der Waals surface area contributed by atoms with Gasteiger partial charge in [-0.05, 0) is 66.0 Å². The molecular weight excluding hydrogens is 434 g/mol. The van der Waals surface area contributed by atoms with Gasteiger partial charge in [0.2, 0.25) is 0 Å². The highest BCUT2D eigenvalue weighted by molar-refractivity contribution is 5.66. The summed E-state index contributed by atoms with van der Waals surface area (Å²) < 4.78 is 0. The molecule has 0 bridgehead atoms. The van der Waals surface area contributed by atoms with Crippen molar-refractivity contribution < 1.29 is 0 Å². The van der Waals surface area contributed by atoms with E-state index in [1.165, 1.54) is 90.3 Å². The molecule has 0 aromatic heterocycles. The van der Waals surface area contributed by atoms with E-state index in [0.29, 0.717) is 5.69 Å². The van der Waals surface area contributed by atoms with Gasteiger partial charge in [-0.1, -0.05) is 135 Å². The monoisotopic (exact) mass is 471 g/mol. The van der Waals surface area contributed by atoms with Gasteiger partial charge in [-0.25, -0.2) is 4.85 Å². The minimum atomic E-state index is 0.694. The average molecular weight is 472 g/mol. The first-order chi connectivity index (χ1) is 17.7. The van der Waals surface area contributed by atoms with E-state index in [1.807, 2.05) is 24.3 Å². The van der Waals surface area contributed by atoms with Crippen molar-refractivity contribution in [2.75, 3.05) is 0 Å². The lowest BCUT2D eigenvalue weighted by molar-refractivity contribution is 0.579. The minimum Gasteiger partial charge on any atom is -0.238 e. The predicted octanol–water partition coefficient (Wildman–Crippen LogP) is 10.4. The maximum atomic E-state index is 7.07. The largest absolute Gasteiger partial charge is 0.238 e. The van der Waals surface area contributed by atoms with Crippen LogP contribution in [0.4, 0.5) is 5.69 Å². The first-order valence-corrected chi connectivity index (χ1v) is 13.4. The van der Waals surface area contributed by atoms with Crippen molar-refractivity contribution >= 4 is 5.69 Å². The van der Waals surface area contributed by atoms with Gasteiger partial charge in [0, 0.05) is 0 Å². The lowest BCUT2D eigenvalue weighted by Gasteiger charge is -2.06. The summed E-state index contributed by atoms with van der Waals surface area (Å²) in [4.78, 5) is 3.46. The highest BCUT2D eigenvalue weighted by Crippen LogP contribution is 2.24.